The molecule has 17 heavy (non-hydrogen) atoms. The van der Waals surface area contributed by atoms with Gasteiger partial charge in [-0.2, -0.15) is 0 Å². The Hall–Kier alpha value is -0.280. The van der Waals surface area contributed by atoms with Gasteiger partial charge in [-0.05, 0) is 57.3 Å². The Morgan fingerprint density at radius 2 is 2.00 bits per heavy atom. The van der Waals surface area contributed by atoms with Crippen molar-refractivity contribution in [2.24, 2.45) is 17.3 Å². The normalized spacial score (nSPS) is 47.2. The minimum atomic E-state index is -0.235. The molecular weight excluding hydrogens is 238 g/mol. The smallest absolute Gasteiger partial charge is 0.249 e. The summed E-state index contributed by atoms with van der Waals surface area (Å²) in [5.74, 6) is 1.38. The molecule has 1 amide bonds. The van der Waals surface area contributed by atoms with Crippen LogP contribution in [0.1, 0.15) is 45.4 Å². The number of nitrogens with one attached hydrogen (secondary N) is 1. The summed E-state index contributed by atoms with van der Waals surface area (Å²) < 4.78 is 0. The highest BCUT2D eigenvalue weighted by molar-refractivity contribution is 6.24. The monoisotopic (exact) mass is 257 g/mol. The van der Waals surface area contributed by atoms with Crippen molar-refractivity contribution in [1.29, 1.82) is 0 Å². The summed E-state index contributed by atoms with van der Waals surface area (Å²) in [6, 6.07) is 0. The lowest BCUT2D eigenvalue weighted by molar-refractivity contribution is -0.157. The average Bonchev–Trinajstić information content (AvgIpc) is 2.22. The number of hydrogen-bond acceptors (Lipinski definition) is 2. The number of carbonyl (C=O) groups excluding carboxylic acids is 1. The van der Waals surface area contributed by atoms with Gasteiger partial charge in [0.05, 0.1) is 12.0 Å². The van der Waals surface area contributed by atoms with Gasteiger partial charge in [0.25, 0.3) is 0 Å². The molecule has 0 radical (unpaired) electrons. The van der Waals surface area contributed by atoms with Crippen LogP contribution in [-0.2, 0) is 9.63 Å². The second-order valence-corrected chi connectivity index (χ2v) is 7.06. The molecule has 1 N–H and O–H groups in total. The van der Waals surface area contributed by atoms with Crippen LogP contribution in [-0.4, -0.2) is 17.4 Å². The Kier molecular flexibility index (Phi) is 2.67. The Bertz CT molecular complexity index is 330. The van der Waals surface area contributed by atoms with Crippen molar-refractivity contribution in [2.45, 2.75) is 50.3 Å². The summed E-state index contributed by atoms with van der Waals surface area (Å²) >= 11 is 6.68. The number of rotatable bonds is 3. The standard InChI is InChI=1S/C13H20ClNO2/c1-2-17-15-11(16)12-4-9-3-10(5-12)7-13(14,6-9)8-12/h9-10H,2-8H2,1H3,(H,15,16)/t9-,10-,12?,13?/m1/s1. The second-order valence-electron chi connectivity index (χ2n) is 6.26. The highest BCUT2D eigenvalue weighted by Gasteiger charge is 2.60. The first-order chi connectivity index (χ1) is 8.05. The molecule has 0 saturated heterocycles. The first-order valence-electron chi connectivity index (χ1n) is 6.66. The largest absolute Gasteiger partial charge is 0.274 e. The molecule has 0 aliphatic heterocycles. The Labute approximate surface area is 107 Å². The number of hydroxylamine groups is 1. The van der Waals surface area contributed by atoms with Crippen LogP contribution in [0.25, 0.3) is 0 Å². The molecule has 0 aromatic rings. The van der Waals surface area contributed by atoms with E-state index < -0.39 is 0 Å². The van der Waals surface area contributed by atoms with Crippen LogP contribution in [0.3, 0.4) is 0 Å². The zero-order valence-corrected chi connectivity index (χ0v) is 11.1. The highest BCUT2D eigenvalue weighted by Crippen LogP contribution is 2.63. The van der Waals surface area contributed by atoms with E-state index in [1.807, 2.05) is 6.92 Å². The molecule has 0 spiro atoms. The van der Waals surface area contributed by atoms with Gasteiger partial charge in [0.15, 0.2) is 0 Å². The van der Waals surface area contributed by atoms with Gasteiger partial charge >= 0.3 is 0 Å². The third-order valence-corrected chi connectivity index (χ3v) is 5.22. The summed E-state index contributed by atoms with van der Waals surface area (Å²) in [6.45, 7) is 2.39. The summed E-state index contributed by atoms with van der Waals surface area (Å²) in [7, 11) is 0. The van der Waals surface area contributed by atoms with Gasteiger partial charge in [-0.3, -0.25) is 9.63 Å². The van der Waals surface area contributed by atoms with Crippen molar-refractivity contribution in [1.82, 2.24) is 5.48 Å². The maximum atomic E-state index is 12.3. The van der Waals surface area contributed by atoms with Gasteiger partial charge in [0.2, 0.25) is 5.91 Å². The van der Waals surface area contributed by atoms with E-state index in [1.165, 1.54) is 6.42 Å². The Morgan fingerprint density at radius 1 is 1.35 bits per heavy atom. The third-order valence-electron chi connectivity index (χ3n) is 4.78. The molecule has 0 unspecified atom stereocenters. The highest BCUT2D eigenvalue weighted by atomic mass is 35.5. The number of hydrogen-bond donors (Lipinski definition) is 1. The molecule has 0 aromatic heterocycles. The Morgan fingerprint density at radius 3 is 2.53 bits per heavy atom. The number of alkyl halides is 1. The molecule has 96 valence electrons. The molecule has 3 nitrogen and oxygen atoms in total. The maximum absolute atomic E-state index is 12.3. The van der Waals surface area contributed by atoms with Crippen molar-refractivity contribution in [3.63, 3.8) is 0 Å². The minimum absolute atomic E-state index is 0.0680. The van der Waals surface area contributed by atoms with Crippen molar-refractivity contribution < 1.29 is 9.63 Å². The van der Waals surface area contributed by atoms with E-state index >= 15 is 0 Å². The van der Waals surface area contributed by atoms with E-state index in [9.17, 15) is 4.79 Å². The zero-order chi connectivity index (χ0) is 12.1. The van der Waals surface area contributed by atoms with Crippen LogP contribution in [0, 0.1) is 17.3 Å². The van der Waals surface area contributed by atoms with Crippen LogP contribution >= 0.6 is 11.6 Å². The van der Waals surface area contributed by atoms with Crippen molar-refractivity contribution in [3.8, 4) is 0 Å². The Balaban J connectivity index is 1.81. The fourth-order valence-corrected chi connectivity index (χ4v) is 5.35. The van der Waals surface area contributed by atoms with Gasteiger partial charge < -0.3 is 0 Å². The average molecular weight is 258 g/mol. The van der Waals surface area contributed by atoms with Crippen molar-refractivity contribution in [2.75, 3.05) is 6.61 Å². The first-order valence-corrected chi connectivity index (χ1v) is 7.04. The summed E-state index contributed by atoms with van der Waals surface area (Å²) in [6.07, 6.45) is 6.35. The lowest BCUT2D eigenvalue weighted by Crippen LogP contribution is -2.58. The molecular formula is C13H20ClNO2. The van der Waals surface area contributed by atoms with Crippen LogP contribution in [0.2, 0.25) is 0 Å². The molecule has 0 aromatic carbocycles. The summed E-state index contributed by atoms with van der Waals surface area (Å²) in [4.78, 5) is 17.3. The van der Waals surface area contributed by atoms with Crippen molar-refractivity contribution >= 4 is 17.5 Å². The van der Waals surface area contributed by atoms with E-state index in [-0.39, 0.29) is 16.2 Å². The number of amides is 1. The van der Waals surface area contributed by atoms with Gasteiger partial charge in [-0.25, -0.2) is 5.48 Å². The van der Waals surface area contributed by atoms with Crippen LogP contribution in [0.5, 0.6) is 0 Å². The topological polar surface area (TPSA) is 38.3 Å². The van der Waals surface area contributed by atoms with E-state index in [1.54, 1.807) is 0 Å². The molecule has 4 saturated carbocycles. The number of halogens is 1. The third kappa shape index (κ3) is 1.88. The first kappa shape index (κ1) is 11.8. The molecule has 2 atom stereocenters. The fraction of sp³-hybridized carbons (Fsp3) is 0.923. The SMILES string of the molecule is CCONC(=O)C12C[C@H]3C[C@@H](CC(Cl)(C3)C1)C2. The van der Waals surface area contributed by atoms with E-state index in [0.717, 1.165) is 32.1 Å². The maximum Gasteiger partial charge on any atom is 0.249 e. The number of carbonyl (C=O) groups is 1. The predicted molar refractivity (Wildman–Crippen MR) is 65.5 cm³/mol. The second kappa shape index (κ2) is 3.86. The molecule has 4 aliphatic rings. The van der Waals surface area contributed by atoms with E-state index in [2.05, 4.69) is 5.48 Å². The van der Waals surface area contributed by atoms with Crippen LogP contribution < -0.4 is 5.48 Å². The quantitative estimate of drug-likeness (QED) is 0.624. The lowest BCUT2D eigenvalue weighted by atomic mass is 9.49. The molecule has 4 aliphatic carbocycles. The van der Waals surface area contributed by atoms with Crippen LogP contribution in [0.4, 0.5) is 0 Å². The molecule has 0 heterocycles. The van der Waals surface area contributed by atoms with E-state index in [4.69, 9.17) is 16.4 Å². The lowest BCUT2D eigenvalue weighted by Gasteiger charge is -2.58. The van der Waals surface area contributed by atoms with Gasteiger partial charge in [0, 0.05) is 4.87 Å². The van der Waals surface area contributed by atoms with Gasteiger partial charge in [-0.15, -0.1) is 11.6 Å². The molecule has 4 heteroatoms. The van der Waals surface area contributed by atoms with E-state index in [0.29, 0.717) is 18.4 Å². The minimum Gasteiger partial charge on any atom is -0.274 e. The molecule has 4 rings (SSSR count). The predicted octanol–water partition coefficient (Wildman–Crippen LogP) is 2.63. The van der Waals surface area contributed by atoms with Crippen molar-refractivity contribution in [3.05, 3.63) is 0 Å². The summed E-state index contributed by atoms with van der Waals surface area (Å²) in [5, 5.41) is 0. The zero-order valence-electron chi connectivity index (χ0n) is 10.3. The van der Waals surface area contributed by atoms with Gasteiger partial charge in [-0.1, -0.05) is 0 Å². The van der Waals surface area contributed by atoms with Gasteiger partial charge in [0.1, 0.15) is 0 Å². The summed E-state index contributed by atoms with van der Waals surface area (Å²) in [5.41, 5.74) is 2.37. The molecule has 4 bridgehead atoms. The fourth-order valence-electron chi connectivity index (χ4n) is 4.66. The molecule has 4 fully saturated rings. The van der Waals surface area contributed by atoms with Crippen LogP contribution in [0.15, 0.2) is 0 Å².